The number of benzene rings is 1. The summed E-state index contributed by atoms with van der Waals surface area (Å²) in [5.74, 6) is 1.28. The van der Waals surface area contributed by atoms with E-state index in [2.05, 4.69) is 25.4 Å². The Bertz CT molecular complexity index is 1450. The number of alkyl halides is 3. The monoisotopic (exact) mass is 449 g/mol. The average molecular weight is 449 g/mol. The Balaban J connectivity index is 1.48. The second-order valence-electron chi connectivity index (χ2n) is 7.57. The fourth-order valence-corrected chi connectivity index (χ4v) is 3.52. The third-order valence-corrected chi connectivity index (χ3v) is 5.19. The molecule has 0 atom stereocenters. The second kappa shape index (κ2) is 7.73. The highest BCUT2D eigenvalue weighted by atomic mass is 19.4. The van der Waals surface area contributed by atoms with Crippen LogP contribution >= 0.6 is 0 Å². The highest BCUT2D eigenvalue weighted by molar-refractivity contribution is 5.77. The number of halogens is 3. The lowest BCUT2D eigenvalue weighted by atomic mass is 10.0. The quantitative estimate of drug-likeness (QED) is 0.400. The fourth-order valence-electron chi connectivity index (χ4n) is 3.52. The zero-order chi connectivity index (χ0) is 23.2. The zero-order valence-electron chi connectivity index (χ0n) is 17.7. The van der Waals surface area contributed by atoms with Crippen molar-refractivity contribution in [3.8, 4) is 17.1 Å². The fraction of sp³-hybridized carbons (Fsp3) is 0.130. The predicted octanol–water partition coefficient (Wildman–Crippen LogP) is 5.36. The van der Waals surface area contributed by atoms with E-state index >= 15 is 0 Å². The normalized spacial score (nSPS) is 11.8. The molecule has 7 nitrogen and oxygen atoms in total. The van der Waals surface area contributed by atoms with Crippen molar-refractivity contribution in [3.63, 3.8) is 0 Å². The molecule has 0 spiro atoms. The molecular formula is C23H18F3N7. The molecular weight excluding hydrogens is 431 g/mol. The first kappa shape index (κ1) is 20.7. The number of rotatable bonds is 4. The van der Waals surface area contributed by atoms with Gasteiger partial charge in [-0.05, 0) is 55.8 Å². The molecule has 0 unspecified atom stereocenters. The molecule has 1 aromatic carbocycles. The van der Waals surface area contributed by atoms with Gasteiger partial charge in [-0.15, -0.1) is 0 Å². The third-order valence-electron chi connectivity index (χ3n) is 5.19. The maximum atomic E-state index is 13.2. The van der Waals surface area contributed by atoms with Crippen molar-refractivity contribution >= 4 is 17.0 Å². The number of imidazole rings is 1. The van der Waals surface area contributed by atoms with Gasteiger partial charge < -0.3 is 9.72 Å². The van der Waals surface area contributed by atoms with Gasteiger partial charge >= 0.3 is 6.18 Å². The largest absolute Gasteiger partial charge is 0.416 e. The number of fused-ring (bicyclic) bond motifs is 1. The molecule has 0 aliphatic carbocycles. The van der Waals surface area contributed by atoms with Gasteiger partial charge in [-0.3, -0.25) is 0 Å². The molecule has 0 amide bonds. The van der Waals surface area contributed by atoms with Gasteiger partial charge in [0.15, 0.2) is 11.5 Å². The van der Waals surface area contributed by atoms with Crippen LogP contribution in [0.5, 0.6) is 0 Å². The minimum atomic E-state index is -4.42. The van der Waals surface area contributed by atoms with Crippen LogP contribution in [0.4, 0.5) is 24.5 Å². The third kappa shape index (κ3) is 4.02. The summed E-state index contributed by atoms with van der Waals surface area (Å²) in [6, 6.07) is 11.0. The van der Waals surface area contributed by atoms with Crippen LogP contribution in [0.3, 0.4) is 0 Å². The van der Waals surface area contributed by atoms with E-state index in [9.17, 15) is 13.2 Å². The van der Waals surface area contributed by atoms with Crippen LogP contribution in [-0.4, -0.2) is 29.1 Å². The molecule has 4 heterocycles. The summed E-state index contributed by atoms with van der Waals surface area (Å²) >= 11 is 0. The molecule has 0 saturated heterocycles. The molecule has 5 aromatic rings. The van der Waals surface area contributed by atoms with Crippen molar-refractivity contribution in [2.24, 2.45) is 0 Å². The van der Waals surface area contributed by atoms with E-state index < -0.39 is 11.7 Å². The summed E-state index contributed by atoms with van der Waals surface area (Å²) in [6.45, 7) is 3.56. The topological polar surface area (TPSA) is 72.9 Å². The molecule has 33 heavy (non-hydrogen) atoms. The first-order valence-corrected chi connectivity index (χ1v) is 10.1. The van der Waals surface area contributed by atoms with E-state index in [-0.39, 0.29) is 0 Å². The molecule has 0 aliphatic heterocycles. The van der Waals surface area contributed by atoms with Crippen LogP contribution < -0.4 is 5.32 Å². The number of hydrogen-bond acceptors (Lipinski definition) is 5. The van der Waals surface area contributed by atoms with Gasteiger partial charge in [0.1, 0.15) is 12.2 Å². The Hall–Kier alpha value is -4.21. The van der Waals surface area contributed by atoms with Crippen LogP contribution in [0.25, 0.3) is 22.7 Å². The first-order valence-electron chi connectivity index (χ1n) is 10.1. The van der Waals surface area contributed by atoms with Crippen molar-refractivity contribution in [3.05, 3.63) is 84.3 Å². The Kier molecular flexibility index (Phi) is 4.85. The van der Waals surface area contributed by atoms with E-state index in [4.69, 9.17) is 0 Å². The summed E-state index contributed by atoms with van der Waals surface area (Å²) in [5.41, 5.74) is 2.91. The zero-order valence-corrected chi connectivity index (χ0v) is 17.7. The number of hydrogen-bond donors (Lipinski definition) is 1. The first-order chi connectivity index (χ1) is 15.8. The highest BCUT2D eigenvalue weighted by Crippen LogP contribution is 2.34. The predicted molar refractivity (Wildman–Crippen MR) is 118 cm³/mol. The number of aryl methyl sites for hydroxylation is 2. The van der Waals surface area contributed by atoms with E-state index in [1.165, 1.54) is 6.07 Å². The smallest absolute Gasteiger partial charge is 0.351 e. The number of pyridine rings is 2. The number of anilines is 2. The van der Waals surface area contributed by atoms with Crippen LogP contribution in [0, 0.1) is 13.8 Å². The van der Waals surface area contributed by atoms with Crippen molar-refractivity contribution in [2.45, 2.75) is 20.0 Å². The number of nitrogens with zero attached hydrogens (tertiary/aromatic N) is 6. The molecule has 0 bridgehead atoms. The van der Waals surface area contributed by atoms with Crippen molar-refractivity contribution in [1.82, 2.24) is 29.1 Å². The Morgan fingerprint density at radius 1 is 1.00 bits per heavy atom. The molecule has 5 rings (SSSR count). The Morgan fingerprint density at radius 3 is 2.55 bits per heavy atom. The van der Waals surface area contributed by atoms with Gasteiger partial charge in [-0.2, -0.15) is 18.3 Å². The maximum Gasteiger partial charge on any atom is 0.416 e. The molecule has 0 aliphatic rings. The van der Waals surface area contributed by atoms with E-state index in [1.807, 2.05) is 18.2 Å². The standard InChI is InChI=1S/C23H18F3N7/c1-14-5-6-16(23(24,25)26)10-18(14)20-12-32-9-3-4-19(22(32)30-20)29-17-7-8-21(27-11-17)33-13-28-15(2)31-33/h3-13,29H,1-2H3. The summed E-state index contributed by atoms with van der Waals surface area (Å²) in [4.78, 5) is 13.1. The summed E-state index contributed by atoms with van der Waals surface area (Å²) in [5, 5.41) is 7.51. The Labute approximate surface area is 186 Å². The number of nitrogens with one attached hydrogen (secondary N) is 1. The van der Waals surface area contributed by atoms with E-state index in [1.54, 1.807) is 53.9 Å². The second-order valence-corrected chi connectivity index (χ2v) is 7.57. The van der Waals surface area contributed by atoms with Gasteiger partial charge in [0.05, 0.1) is 28.8 Å². The lowest BCUT2D eigenvalue weighted by molar-refractivity contribution is -0.137. The van der Waals surface area contributed by atoms with Crippen LogP contribution in [0.2, 0.25) is 0 Å². The van der Waals surface area contributed by atoms with Crippen molar-refractivity contribution in [2.75, 3.05) is 5.32 Å². The minimum absolute atomic E-state index is 0.439. The summed E-state index contributed by atoms with van der Waals surface area (Å²) < 4.78 is 43.0. The maximum absolute atomic E-state index is 13.2. The molecule has 0 saturated carbocycles. The van der Waals surface area contributed by atoms with E-state index in [0.29, 0.717) is 39.8 Å². The van der Waals surface area contributed by atoms with Crippen LogP contribution in [0.15, 0.2) is 67.4 Å². The van der Waals surface area contributed by atoms with Crippen molar-refractivity contribution in [1.29, 1.82) is 0 Å². The molecule has 0 radical (unpaired) electrons. The molecule has 1 N–H and O–H groups in total. The van der Waals surface area contributed by atoms with Gasteiger partial charge in [-0.25, -0.2) is 19.6 Å². The van der Waals surface area contributed by atoms with E-state index in [0.717, 1.165) is 17.8 Å². The van der Waals surface area contributed by atoms with Crippen LogP contribution in [0.1, 0.15) is 17.0 Å². The molecule has 4 aromatic heterocycles. The van der Waals surface area contributed by atoms with Gasteiger partial charge in [-0.1, -0.05) is 6.07 Å². The molecule has 0 fully saturated rings. The lowest BCUT2D eigenvalue weighted by Gasteiger charge is -2.10. The number of aromatic nitrogens is 6. The summed E-state index contributed by atoms with van der Waals surface area (Å²) in [7, 11) is 0. The Morgan fingerprint density at radius 2 is 1.85 bits per heavy atom. The minimum Gasteiger partial charge on any atom is -0.351 e. The van der Waals surface area contributed by atoms with Crippen molar-refractivity contribution < 1.29 is 13.2 Å². The van der Waals surface area contributed by atoms with Gasteiger partial charge in [0.2, 0.25) is 0 Å². The summed E-state index contributed by atoms with van der Waals surface area (Å²) in [6.07, 6.45) is 2.36. The molecule has 166 valence electrons. The van der Waals surface area contributed by atoms with Crippen LogP contribution in [-0.2, 0) is 6.18 Å². The highest BCUT2D eigenvalue weighted by Gasteiger charge is 2.31. The van der Waals surface area contributed by atoms with Gasteiger partial charge in [0.25, 0.3) is 0 Å². The van der Waals surface area contributed by atoms with Gasteiger partial charge in [0, 0.05) is 18.0 Å². The lowest BCUT2D eigenvalue weighted by Crippen LogP contribution is -2.05. The SMILES string of the molecule is Cc1ncn(-c2ccc(Nc3cccn4cc(-c5cc(C(F)(F)F)ccc5C)nc34)cn2)n1. The molecule has 10 heteroatoms. The average Bonchev–Trinajstić information content (AvgIpc) is 3.41.